The lowest BCUT2D eigenvalue weighted by Crippen LogP contribution is -2.24. The van der Waals surface area contributed by atoms with Crippen molar-refractivity contribution in [3.63, 3.8) is 0 Å². The summed E-state index contributed by atoms with van der Waals surface area (Å²) in [6.07, 6.45) is 18.3. The predicted molar refractivity (Wildman–Crippen MR) is 160 cm³/mol. The van der Waals surface area contributed by atoms with Crippen LogP contribution in [0.15, 0.2) is 29.2 Å². The van der Waals surface area contributed by atoms with Gasteiger partial charge in [-0.25, -0.2) is 0 Å². The second kappa shape index (κ2) is 12.1. The van der Waals surface area contributed by atoms with Crippen molar-refractivity contribution in [1.29, 1.82) is 0 Å². The van der Waals surface area contributed by atoms with E-state index in [1.807, 2.05) is 0 Å². The van der Waals surface area contributed by atoms with E-state index in [0.29, 0.717) is 16.8 Å². The average Bonchev–Trinajstić information content (AvgIpc) is 3.64. The smallest absolute Gasteiger partial charge is 0.0918 e. The topological polar surface area (TPSA) is 9.23 Å². The minimum Gasteiger partial charge on any atom is -0.369 e. The van der Waals surface area contributed by atoms with Crippen LogP contribution >= 0.6 is 10.0 Å². The summed E-state index contributed by atoms with van der Waals surface area (Å²) in [6.45, 7) is 15.5. The van der Waals surface area contributed by atoms with Crippen molar-refractivity contribution in [3.05, 3.63) is 29.8 Å². The first-order chi connectivity index (χ1) is 17.1. The van der Waals surface area contributed by atoms with Crippen LogP contribution in [0.2, 0.25) is 0 Å². The largest absolute Gasteiger partial charge is 0.369 e. The van der Waals surface area contributed by atoms with Crippen LogP contribution in [-0.4, -0.2) is 23.5 Å². The third kappa shape index (κ3) is 7.78. The molecule has 1 aromatic carbocycles. The highest BCUT2D eigenvalue weighted by Crippen LogP contribution is 2.72. The molecular formula is C34H58OS. The van der Waals surface area contributed by atoms with Crippen molar-refractivity contribution in [3.8, 4) is 0 Å². The number of rotatable bonds is 10. The Bertz CT molecular complexity index is 782. The number of benzene rings is 1. The van der Waals surface area contributed by atoms with Crippen LogP contribution in [0.3, 0.4) is 0 Å². The summed E-state index contributed by atoms with van der Waals surface area (Å²) >= 11 is 0. The SMILES string of the molecule is CC(C)(C)CC(c1ccc(S2(C(CC3CCCCC3)OCCC3CCCCC3)CC2)cc1)C(C)(C)C. The molecule has 36 heavy (non-hydrogen) atoms. The van der Waals surface area contributed by atoms with Gasteiger partial charge in [0.15, 0.2) is 0 Å². The fraction of sp³-hybridized carbons (Fsp3) is 0.824. The van der Waals surface area contributed by atoms with Crippen LogP contribution in [0.5, 0.6) is 0 Å². The Morgan fingerprint density at radius 3 is 1.83 bits per heavy atom. The zero-order chi connectivity index (χ0) is 25.8. The molecule has 206 valence electrons. The summed E-state index contributed by atoms with van der Waals surface area (Å²) in [6, 6.07) is 10.1. The molecule has 2 heteroatoms. The zero-order valence-electron chi connectivity index (χ0n) is 24.7. The molecule has 0 radical (unpaired) electrons. The van der Waals surface area contributed by atoms with Gasteiger partial charge in [0.05, 0.1) is 5.44 Å². The second-order valence-electron chi connectivity index (χ2n) is 14.9. The maximum atomic E-state index is 6.96. The number of hydrogen-bond donors (Lipinski definition) is 0. The molecule has 2 saturated carbocycles. The lowest BCUT2D eigenvalue weighted by Gasteiger charge is -2.38. The summed E-state index contributed by atoms with van der Waals surface area (Å²) in [4.78, 5) is 1.65. The Hall–Kier alpha value is -0.470. The van der Waals surface area contributed by atoms with Gasteiger partial charge in [-0.15, -0.1) is 0 Å². The second-order valence-corrected chi connectivity index (χ2v) is 18.6. The number of ether oxygens (including phenoxy) is 1. The monoisotopic (exact) mass is 514 g/mol. The van der Waals surface area contributed by atoms with Crippen molar-refractivity contribution in [1.82, 2.24) is 0 Å². The minimum absolute atomic E-state index is 0.282. The van der Waals surface area contributed by atoms with Crippen molar-refractivity contribution < 1.29 is 4.74 Å². The highest BCUT2D eigenvalue weighted by atomic mass is 32.3. The van der Waals surface area contributed by atoms with Gasteiger partial charge in [-0.3, -0.25) is 0 Å². The first-order valence-electron chi connectivity index (χ1n) is 15.6. The molecule has 2 atom stereocenters. The highest BCUT2D eigenvalue weighted by Gasteiger charge is 2.47. The Labute approximate surface area is 226 Å². The van der Waals surface area contributed by atoms with E-state index in [1.165, 1.54) is 95.0 Å². The molecule has 3 aliphatic rings. The van der Waals surface area contributed by atoms with Gasteiger partial charge in [-0.2, -0.15) is 10.0 Å². The molecule has 1 heterocycles. The van der Waals surface area contributed by atoms with Crippen LogP contribution in [-0.2, 0) is 4.74 Å². The molecule has 0 amide bonds. The summed E-state index contributed by atoms with van der Waals surface area (Å²) < 4.78 is 6.96. The van der Waals surface area contributed by atoms with Gasteiger partial charge in [0.2, 0.25) is 0 Å². The van der Waals surface area contributed by atoms with Crippen molar-refractivity contribution in [2.24, 2.45) is 22.7 Å². The van der Waals surface area contributed by atoms with Gasteiger partial charge in [-0.1, -0.05) is 118 Å². The third-order valence-electron chi connectivity index (χ3n) is 9.57. The first kappa shape index (κ1) is 28.5. The highest BCUT2D eigenvalue weighted by molar-refractivity contribution is 8.39. The maximum absolute atomic E-state index is 6.96. The van der Waals surface area contributed by atoms with Crippen molar-refractivity contribution in [2.75, 3.05) is 18.1 Å². The maximum Gasteiger partial charge on any atom is 0.0918 e. The van der Waals surface area contributed by atoms with Gasteiger partial charge in [0, 0.05) is 6.61 Å². The van der Waals surface area contributed by atoms with E-state index in [9.17, 15) is 0 Å². The van der Waals surface area contributed by atoms with Gasteiger partial charge < -0.3 is 4.74 Å². The Kier molecular flexibility index (Phi) is 9.63. The molecule has 1 aromatic rings. The quantitative estimate of drug-likeness (QED) is 0.282. The molecule has 0 bridgehead atoms. The van der Waals surface area contributed by atoms with Crippen molar-refractivity contribution in [2.45, 2.75) is 141 Å². The fourth-order valence-electron chi connectivity index (χ4n) is 7.17. The average molecular weight is 515 g/mol. The van der Waals surface area contributed by atoms with E-state index in [4.69, 9.17) is 4.74 Å². The predicted octanol–water partition coefficient (Wildman–Crippen LogP) is 10.7. The summed E-state index contributed by atoms with van der Waals surface area (Å²) in [5.74, 6) is 5.23. The van der Waals surface area contributed by atoms with E-state index >= 15 is 0 Å². The third-order valence-corrected chi connectivity index (χ3v) is 13.4. The number of hydrogen-bond acceptors (Lipinski definition) is 1. The van der Waals surface area contributed by atoms with Crippen LogP contribution in [0, 0.1) is 22.7 Å². The molecule has 1 aliphatic heterocycles. The van der Waals surface area contributed by atoms with E-state index < -0.39 is 10.0 Å². The minimum atomic E-state index is -0.789. The van der Waals surface area contributed by atoms with Crippen LogP contribution in [0.1, 0.15) is 136 Å². The summed E-state index contributed by atoms with van der Waals surface area (Å²) in [7, 11) is -0.789. The lowest BCUT2D eigenvalue weighted by atomic mass is 9.69. The molecule has 0 aromatic heterocycles. The molecule has 3 fully saturated rings. The normalized spacial score (nSPS) is 24.3. The molecule has 0 N–H and O–H groups in total. The van der Waals surface area contributed by atoms with E-state index in [1.54, 1.807) is 10.5 Å². The van der Waals surface area contributed by atoms with Gasteiger partial charge in [0.25, 0.3) is 0 Å². The van der Waals surface area contributed by atoms with Crippen LogP contribution < -0.4 is 0 Å². The summed E-state index contributed by atoms with van der Waals surface area (Å²) in [5, 5.41) is 0. The Balaban J connectivity index is 1.48. The lowest BCUT2D eigenvalue weighted by molar-refractivity contribution is 0.0737. The fourth-order valence-corrected chi connectivity index (χ4v) is 10.9. The van der Waals surface area contributed by atoms with Gasteiger partial charge in [-0.05, 0) is 81.9 Å². The molecular weight excluding hydrogens is 456 g/mol. The first-order valence-corrected chi connectivity index (χ1v) is 17.6. The van der Waals surface area contributed by atoms with E-state index in [2.05, 4.69) is 65.8 Å². The standard InChI is InChI=1S/C34H58OS/c1-33(2,3)26-31(34(4,5)6)29-17-19-30(20-18-29)36(23-24-36)32(25-28-15-11-8-12-16-28)35-22-21-27-13-9-7-10-14-27/h17-20,27-28,31-32H,7-16,21-26H2,1-6H3. The summed E-state index contributed by atoms with van der Waals surface area (Å²) in [5.41, 5.74) is 2.67. The Morgan fingerprint density at radius 2 is 1.33 bits per heavy atom. The molecule has 2 aliphatic carbocycles. The van der Waals surface area contributed by atoms with Crippen LogP contribution in [0.4, 0.5) is 0 Å². The molecule has 4 rings (SSSR count). The van der Waals surface area contributed by atoms with Crippen LogP contribution in [0.25, 0.3) is 0 Å². The molecule has 1 saturated heterocycles. The van der Waals surface area contributed by atoms with E-state index in [-0.39, 0.29) is 5.41 Å². The zero-order valence-corrected chi connectivity index (χ0v) is 25.6. The van der Waals surface area contributed by atoms with E-state index in [0.717, 1.165) is 18.4 Å². The van der Waals surface area contributed by atoms with Gasteiger partial charge >= 0.3 is 0 Å². The molecule has 2 unspecified atom stereocenters. The van der Waals surface area contributed by atoms with Crippen molar-refractivity contribution >= 4 is 10.0 Å². The Morgan fingerprint density at radius 1 is 0.778 bits per heavy atom. The molecule has 1 nitrogen and oxygen atoms in total. The van der Waals surface area contributed by atoms with Gasteiger partial charge in [0.1, 0.15) is 0 Å². The molecule has 0 spiro atoms.